The van der Waals surface area contributed by atoms with Gasteiger partial charge in [-0.3, -0.25) is 14.3 Å². The van der Waals surface area contributed by atoms with Crippen LogP contribution >= 0.6 is 0 Å². The number of hydrogen-bond acceptors (Lipinski definition) is 4. The zero-order valence-electron chi connectivity index (χ0n) is 17.4. The number of rotatable bonds is 6. The van der Waals surface area contributed by atoms with Gasteiger partial charge in [-0.15, -0.1) is 0 Å². The fraction of sp³-hybridized carbons (Fsp3) is 0.130. The van der Waals surface area contributed by atoms with Gasteiger partial charge in [0, 0.05) is 23.9 Å². The predicted octanol–water partition coefficient (Wildman–Crippen LogP) is 3.72. The van der Waals surface area contributed by atoms with Crippen LogP contribution in [0.15, 0.2) is 71.6 Å². The van der Waals surface area contributed by atoms with E-state index in [2.05, 4.69) is 15.4 Å². The van der Waals surface area contributed by atoms with Gasteiger partial charge in [0.05, 0.1) is 10.6 Å². The van der Waals surface area contributed by atoms with E-state index in [0.717, 1.165) is 11.1 Å². The van der Waals surface area contributed by atoms with Crippen LogP contribution in [0.25, 0.3) is 0 Å². The summed E-state index contributed by atoms with van der Waals surface area (Å²) in [6, 6.07) is 17.5. The molecule has 0 aliphatic carbocycles. The van der Waals surface area contributed by atoms with E-state index in [0.29, 0.717) is 22.5 Å². The van der Waals surface area contributed by atoms with Gasteiger partial charge in [-0.1, -0.05) is 12.1 Å². The number of benzene rings is 3. The van der Waals surface area contributed by atoms with Gasteiger partial charge in [-0.2, -0.15) is 0 Å². The Kier molecular flexibility index (Phi) is 6.41. The number of carbonyl (C=O) groups is 2. The Bertz CT molecular complexity index is 1220. The van der Waals surface area contributed by atoms with Crippen LogP contribution in [0, 0.1) is 13.8 Å². The maximum atomic E-state index is 12.7. The molecule has 0 saturated carbocycles. The Balaban J connectivity index is 1.72. The SMILES string of the molecule is CNC(=O)c1ccc(NC(=O)c2ccc(S(=O)(=O)Nc3cccc(C)c3C)cc2)cc1. The first kappa shape index (κ1) is 22.0. The lowest BCUT2D eigenvalue weighted by Gasteiger charge is -2.12. The highest BCUT2D eigenvalue weighted by Gasteiger charge is 2.17. The van der Waals surface area contributed by atoms with Gasteiger partial charge < -0.3 is 10.6 Å². The molecule has 3 N–H and O–H groups in total. The zero-order valence-corrected chi connectivity index (χ0v) is 18.2. The van der Waals surface area contributed by atoms with Gasteiger partial charge in [0.15, 0.2) is 0 Å². The molecule has 0 saturated heterocycles. The topological polar surface area (TPSA) is 104 Å². The molecule has 0 bridgehead atoms. The summed E-state index contributed by atoms with van der Waals surface area (Å²) in [5, 5.41) is 5.24. The number of hydrogen-bond donors (Lipinski definition) is 3. The van der Waals surface area contributed by atoms with Crippen molar-refractivity contribution in [2.45, 2.75) is 18.7 Å². The van der Waals surface area contributed by atoms with Crippen molar-refractivity contribution in [1.29, 1.82) is 0 Å². The second kappa shape index (κ2) is 9.01. The third-order valence-electron chi connectivity index (χ3n) is 4.91. The van der Waals surface area contributed by atoms with Crippen LogP contribution < -0.4 is 15.4 Å². The summed E-state index contributed by atoms with van der Waals surface area (Å²) >= 11 is 0. The van der Waals surface area contributed by atoms with Crippen molar-refractivity contribution < 1.29 is 18.0 Å². The third-order valence-corrected chi connectivity index (χ3v) is 6.29. The normalized spacial score (nSPS) is 10.9. The summed E-state index contributed by atoms with van der Waals surface area (Å²) in [4.78, 5) is 24.1. The molecule has 3 aromatic rings. The molecule has 0 aromatic heterocycles. The van der Waals surface area contributed by atoms with Crippen molar-refractivity contribution in [2.75, 3.05) is 17.1 Å². The summed E-state index contributed by atoms with van der Waals surface area (Å²) in [6.07, 6.45) is 0. The molecule has 0 spiro atoms. The average Bonchev–Trinajstić information content (AvgIpc) is 2.77. The summed E-state index contributed by atoms with van der Waals surface area (Å²) in [5.74, 6) is -0.608. The molecule has 7 nitrogen and oxygen atoms in total. The van der Waals surface area contributed by atoms with Gasteiger partial charge in [-0.25, -0.2) is 8.42 Å². The Morgan fingerprint density at radius 1 is 0.774 bits per heavy atom. The maximum Gasteiger partial charge on any atom is 0.261 e. The van der Waals surface area contributed by atoms with Crippen LogP contribution in [-0.2, 0) is 10.0 Å². The van der Waals surface area contributed by atoms with E-state index in [1.54, 1.807) is 43.4 Å². The van der Waals surface area contributed by atoms with E-state index in [-0.39, 0.29) is 16.7 Å². The standard InChI is InChI=1S/C23H23N3O4S/c1-15-5-4-6-21(16(15)2)26-31(29,30)20-13-9-18(10-14-20)23(28)25-19-11-7-17(8-12-19)22(27)24-3/h4-14,26H,1-3H3,(H,24,27)(H,25,28). The van der Waals surface area contributed by atoms with E-state index >= 15 is 0 Å². The Labute approximate surface area is 181 Å². The lowest BCUT2D eigenvalue weighted by Crippen LogP contribution is -2.18. The van der Waals surface area contributed by atoms with Gasteiger partial charge in [0.1, 0.15) is 0 Å². The number of amides is 2. The number of nitrogens with one attached hydrogen (secondary N) is 3. The molecule has 8 heteroatoms. The molecule has 0 fully saturated rings. The Morgan fingerprint density at radius 3 is 1.97 bits per heavy atom. The number of anilines is 2. The molecule has 2 amide bonds. The summed E-state index contributed by atoms with van der Waals surface area (Å²) in [7, 11) is -2.25. The molecular formula is C23H23N3O4S. The highest BCUT2D eigenvalue weighted by atomic mass is 32.2. The zero-order chi connectivity index (χ0) is 22.6. The van der Waals surface area contributed by atoms with Crippen LogP contribution in [0.1, 0.15) is 31.8 Å². The fourth-order valence-electron chi connectivity index (χ4n) is 2.90. The molecule has 0 aliphatic heterocycles. The predicted molar refractivity (Wildman–Crippen MR) is 121 cm³/mol. The van der Waals surface area contributed by atoms with Crippen molar-refractivity contribution in [2.24, 2.45) is 0 Å². The van der Waals surface area contributed by atoms with Crippen molar-refractivity contribution in [3.8, 4) is 0 Å². The molecular weight excluding hydrogens is 414 g/mol. The van der Waals surface area contributed by atoms with Gasteiger partial charge >= 0.3 is 0 Å². The van der Waals surface area contributed by atoms with Crippen LogP contribution in [0.5, 0.6) is 0 Å². The molecule has 31 heavy (non-hydrogen) atoms. The molecule has 0 atom stereocenters. The summed E-state index contributed by atoms with van der Waals surface area (Å²) in [5.41, 5.74) is 3.65. The van der Waals surface area contributed by atoms with Crippen LogP contribution in [0.4, 0.5) is 11.4 Å². The third kappa shape index (κ3) is 5.10. The number of carbonyl (C=O) groups excluding carboxylic acids is 2. The molecule has 3 rings (SSSR count). The molecule has 0 heterocycles. The number of sulfonamides is 1. The van der Waals surface area contributed by atoms with Gasteiger partial charge in [0.25, 0.3) is 21.8 Å². The van der Waals surface area contributed by atoms with Crippen molar-refractivity contribution in [1.82, 2.24) is 5.32 Å². The minimum Gasteiger partial charge on any atom is -0.355 e. The van der Waals surface area contributed by atoms with Gasteiger partial charge in [0.2, 0.25) is 0 Å². The maximum absolute atomic E-state index is 12.7. The van der Waals surface area contributed by atoms with E-state index in [9.17, 15) is 18.0 Å². The smallest absolute Gasteiger partial charge is 0.261 e. The minimum absolute atomic E-state index is 0.0555. The average molecular weight is 438 g/mol. The summed E-state index contributed by atoms with van der Waals surface area (Å²) < 4.78 is 28.0. The number of aryl methyl sites for hydroxylation is 1. The van der Waals surface area contributed by atoms with E-state index in [1.165, 1.54) is 24.3 Å². The van der Waals surface area contributed by atoms with E-state index in [4.69, 9.17) is 0 Å². The summed E-state index contributed by atoms with van der Waals surface area (Å²) in [6.45, 7) is 3.76. The van der Waals surface area contributed by atoms with E-state index < -0.39 is 10.0 Å². The van der Waals surface area contributed by atoms with Crippen LogP contribution in [-0.4, -0.2) is 27.3 Å². The van der Waals surface area contributed by atoms with Crippen molar-refractivity contribution in [3.05, 3.63) is 89.0 Å². The second-order valence-corrected chi connectivity index (χ2v) is 8.67. The van der Waals surface area contributed by atoms with Gasteiger partial charge in [-0.05, 0) is 79.6 Å². The van der Waals surface area contributed by atoms with Crippen LogP contribution in [0.3, 0.4) is 0 Å². The highest BCUT2D eigenvalue weighted by Crippen LogP contribution is 2.22. The largest absolute Gasteiger partial charge is 0.355 e. The molecule has 160 valence electrons. The molecule has 3 aromatic carbocycles. The molecule has 0 unspecified atom stereocenters. The lowest BCUT2D eigenvalue weighted by molar-refractivity contribution is 0.0962. The molecule has 0 radical (unpaired) electrons. The second-order valence-electron chi connectivity index (χ2n) is 6.99. The Hall–Kier alpha value is -3.65. The highest BCUT2D eigenvalue weighted by molar-refractivity contribution is 7.92. The fourth-order valence-corrected chi connectivity index (χ4v) is 4.03. The Morgan fingerprint density at radius 2 is 1.35 bits per heavy atom. The first-order chi connectivity index (χ1) is 14.7. The van der Waals surface area contributed by atoms with Crippen LogP contribution in [0.2, 0.25) is 0 Å². The first-order valence-electron chi connectivity index (χ1n) is 9.54. The quantitative estimate of drug-likeness (QED) is 0.547. The first-order valence-corrected chi connectivity index (χ1v) is 11.0. The van der Waals surface area contributed by atoms with E-state index in [1.807, 2.05) is 19.9 Å². The van der Waals surface area contributed by atoms with Crippen molar-refractivity contribution in [3.63, 3.8) is 0 Å². The lowest BCUT2D eigenvalue weighted by atomic mass is 10.1. The van der Waals surface area contributed by atoms with Crippen molar-refractivity contribution >= 4 is 33.2 Å². The minimum atomic E-state index is -3.79. The monoisotopic (exact) mass is 437 g/mol. The molecule has 0 aliphatic rings.